The molecular weight excluding hydrogens is 178 g/mol. The van der Waals surface area contributed by atoms with E-state index in [1.165, 1.54) is 0 Å². The second kappa shape index (κ2) is 7.21. The topological polar surface area (TPSA) is 44.5 Å². The van der Waals surface area contributed by atoms with Crippen LogP contribution in [0.3, 0.4) is 0 Å². The van der Waals surface area contributed by atoms with Gasteiger partial charge in [0.1, 0.15) is 0 Å². The highest BCUT2D eigenvalue weighted by Crippen LogP contribution is 2.19. The molecular formula is C11H23NO2. The normalized spacial score (nSPS) is 21.0. The van der Waals surface area contributed by atoms with Crippen molar-refractivity contribution in [2.45, 2.75) is 38.6 Å². The molecule has 0 bridgehead atoms. The van der Waals surface area contributed by atoms with E-state index >= 15 is 0 Å². The first-order valence-corrected chi connectivity index (χ1v) is 5.75. The number of rotatable bonds is 6. The van der Waals surface area contributed by atoms with Crippen molar-refractivity contribution in [1.29, 1.82) is 0 Å². The van der Waals surface area contributed by atoms with Crippen LogP contribution in [-0.2, 0) is 9.47 Å². The van der Waals surface area contributed by atoms with Crippen LogP contribution in [0.25, 0.3) is 0 Å². The molecule has 1 fully saturated rings. The Labute approximate surface area is 86.9 Å². The fraction of sp³-hybridized carbons (Fsp3) is 1.00. The highest BCUT2D eigenvalue weighted by molar-refractivity contribution is 4.75. The first-order chi connectivity index (χ1) is 6.84. The second-order valence-corrected chi connectivity index (χ2v) is 3.95. The summed E-state index contributed by atoms with van der Waals surface area (Å²) >= 11 is 0. The molecule has 1 atom stereocenters. The maximum Gasteiger partial charge on any atom is 0.0469 e. The summed E-state index contributed by atoms with van der Waals surface area (Å²) in [7, 11) is 0. The molecule has 84 valence electrons. The fourth-order valence-electron chi connectivity index (χ4n) is 1.95. The molecule has 0 saturated carbocycles. The molecule has 0 aromatic heterocycles. The summed E-state index contributed by atoms with van der Waals surface area (Å²) in [6.07, 6.45) is 4.45. The van der Waals surface area contributed by atoms with Gasteiger partial charge in [0.05, 0.1) is 0 Å². The van der Waals surface area contributed by atoms with E-state index in [0.29, 0.717) is 12.0 Å². The fourth-order valence-corrected chi connectivity index (χ4v) is 1.95. The van der Waals surface area contributed by atoms with E-state index < -0.39 is 0 Å². The number of ether oxygens (including phenoxy) is 2. The minimum absolute atomic E-state index is 0.347. The van der Waals surface area contributed by atoms with Gasteiger partial charge in [-0.05, 0) is 38.5 Å². The highest BCUT2D eigenvalue weighted by atomic mass is 16.5. The zero-order chi connectivity index (χ0) is 10.2. The summed E-state index contributed by atoms with van der Waals surface area (Å²) in [5.41, 5.74) is 6.12. The number of hydrogen-bond donors (Lipinski definition) is 1. The molecule has 1 unspecified atom stereocenters. The van der Waals surface area contributed by atoms with Crippen molar-refractivity contribution in [3.05, 3.63) is 0 Å². The first kappa shape index (κ1) is 12.0. The summed E-state index contributed by atoms with van der Waals surface area (Å²) in [6, 6.07) is 0.347. The molecule has 0 radical (unpaired) electrons. The zero-order valence-electron chi connectivity index (χ0n) is 9.21. The van der Waals surface area contributed by atoms with E-state index in [1.54, 1.807) is 0 Å². The van der Waals surface area contributed by atoms with Crippen LogP contribution in [0.1, 0.15) is 32.6 Å². The van der Waals surface area contributed by atoms with Gasteiger partial charge in [0.25, 0.3) is 0 Å². The van der Waals surface area contributed by atoms with Crippen molar-refractivity contribution in [2.24, 2.45) is 11.7 Å². The second-order valence-electron chi connectivity index (χ2n) is 3.95. The third-order valence-corrected chi connectivity index (χ3v) is 2.90. The molecule has 0 aromatic rings. The van der Waals surface area contributed by atoms with Gasteiger partial charge in [-0.3, -0.25) is 0 Å². The molecule has 0 amide bonds. The first-order valence-electron chi connectivity index (χ1n) is 5.75. The van der Waals surface area contributed by atoms with Crippen molar-refractivity contribution < 1.29 is 9.47 Å². The van der Waals surface area contributed by atoms with Gasteiger partial charge in [-0.2, -0.15) is 0 Å². The lowest BCUT2D eigenvalue weighted by Crippen LogP contribution is -2.34. The van der Waals surface area contributed by atoms with Gasteiger partial charge in [-0.25, -0.2) is 0 Å². The lowest BCUT2D eigenvalue weighted by molar-refractivity contribution is 0.0557. The highest BCUT2D eigenvalue weighted by Gasteiger charge is 2.20. The van der Waals surface area contributed by atoms with Gasteiger partial charge in [0, 0.05) is 32.5 Å². The quantitative estimate of drug-likeness (QED) is 0.663. The third-order valence-electron chi connectivity index (χ3n) is 2.90. The van der Waals surface area contributed by atoms with Crippen LogP contribution in [-0.4, -0.2) is 32.5 Å². The Morgan fingerprint density at radius 2 is 2.14 bits per heavy atom. The van der Waals surface area contributed by atoms with Crippen LogP contribution in [0.4, 0.5) is 0 Å². The van der Waals surface area contributed by atoms with Gasteiger partial charge in [-0.15, -0.1) is 0 Å². The van der Waals surface area contributed by atoms with Crippen molar-refractivity contribution >= 4 is 0 Å². The predicted octanol–water partition coefficient (Wildman–Crippen LogP) is 1.56. The molecule has 1 aliphatic rings. The standard InChI is InChI=1S/C11H23NO2/c1-2-13-7-3-4-11(12)10-5-8-14-9-6-10/h10-11H,2-9,12H2,1H3. The van der Waals surface area contributed by atoms with Gasteiger partial charge < -0.3 is 15.2 Å². The van der Waals surface area contributed by atoms with E-state index in [0.717, 1.165) is 52.1 Å². The van der Waals surface area contributed by atoms with Gasteiger partial charge in [0.15, 0.2) is 0 Å². The van der Waals surface area contributed by atoms with Gasteiger partial charge >= 0.3 is 0 Å². The van der Waals surface area contributed by atoms with Crippen LogP contribution in [0.15, 0.2) is 0 Å². The Hall–Kier alpha value is -0.120. The van der Waals surface area contributed by atoms with E-state index in [9.17, 15) is 0 Å². The van der Waals surface area contributed by atoms with Crippen molar-refractivity contribution in [2.75, 3.05) is 26.4 Å². The number of nitrogens with two attached hydrogens (primary N) is 1. The van der Waals surface area contributed by atoms with E-state index in [4.69, 9.17) is 15.2 Å². The largest absolute Gasteiger partial charge is 0.382 e. The summed E-state index contributed by atoms with van der Waals surface area (Å²) in [4.78, 5) is 0. The molecule has 0 aromatic carbocycles. The molecule has 0 aliphatic carbocycles. The van der Waals surface area contributed by atoms with E-state index in [1.807, 2.05) is 6.92 Å². The molecule has 0 spiro atoms. The number of hydrogen-bond acceptors (Lipinski definition) is 3. The molecule has 14 heavy (non-hydrogen) atoms. The lowest BCUT2D eigenvalue weighted by Gasteiger charge is -2.27. The van der Waals surface area contributed by atoms with Crippen LogP contribution < -0.4 is 5.73 Å². The molecule has 3 heteroatoms. The monoisotopic (exact) mass is 201 g/mol. The van der Waals surface area contributed by atoms with Crippen molar-refractivity contribution in [1.82, 2.24) is 0 Å². The molecule has 3 nitrogen and oxygen atoms in total. The van der Waals surface area contributed by atoms with Crippen LogP contribution in [0.5, 0.6) is 0 Å². The average Bonchev–Trinajstić information content (AvgIpc) is 2.25. The lowest BCUT2D eigenvalue weighted by atomic mass is 9.90. The SMILES string of the molecule is CCOCCCC(N)C1CCOCC1. The Morgan fingerprint density at radius 1 is 1.43 bits per heavy atom. The smallest absolute Gasteiger partial charge is 0.0469 e. The Bertz CT molecular complexity index is 135. The van der Waals surface area contributed by atoms with E-state index in [2.05, 4.69) is 0 Å². The minimum Gasteiger partial charge on any atom is -0.382 e. The van der Waals surface area contributed by atoms with Crippen LogP contribution >= 0.6 is 0 Å². The summed E-state index contributed by atoms with van der Waals surface area (Å²) in [5, 5.41) is 0. The average molecular weight is 201 g/mol. The Kier molecular flexibility index (Phi) is 6.15. The summed E-state index contributed by atoms with van der Waals surface area (Å²) in [6.45, 7) is 5.48. The van der Waals surface area contributed by atoms with Crippen molar-refractivity contribution in [3.8, 4) is 0 Å². The van der Waals surface area contributed by atoms with E-state index in [-0.39, 0.29) is 0 Å². The summed E-state index contributed by atoms with van der Waals surface area (Å²) < 4.78 is 10.6. The van der Waals surface area contributed by atoms with Crippen molar-refractivity contribution in [3.63, 3.8) is 0 Å². The molecule has 1 heterocycles. The summed E-state index contributed by atoms with van der Waals surface area (Å²) in [5.74, 6) is 0.672. The Morgan fingerprint density at radius 3 is 2.79 bits per heavy atom. The zero-order valence-corrected chi connectivity index (χ0v) is 9.21. The van der Waals surface area contributed by atoms with Gasteiger partial charge in [0.2, 0.25) is 0 Å². The molecule has 1 aliphatic heterocycles. The maximum atomic E-state index is 6.12. The maximum absolute atomic E-state index is 6.12. The van der Waals surface area contributed by atoms with Crippen LogP contribution in [0.2, 0.25) is 0 Å². The minimum atomic E-state index is 0.347. The van der Waals surface area contributed by atoms with Crippen LogP contribution in [0, 0.1) is 5.92 Å². The molecule has 1 rings (SSSR count). The van der Waals surface area contributed by atoms with Gasteiger partial charge in [-0.1, -0.05) is 0 Å². The third kappa shape index (κ3) is 4.40. The molecule has 2 N–H and O–H groups in total. The molecule has 1 saturated heterocycles. The Balaban J connectivity index is 2.04. The predicted molar refractivity (Wildman–Crippen MR) is 57.2 cm³/mol.